The average molecular weight is 324 g/mol. The van der Waals surface area contributed by atoms with E-state index < -0.39 is 31.1 Å². The predicted octanol–water partition coefficient (Wildman–Crippen LogP) is -1.16. The monoisotopic (exact) mass is 324 g/mol. The number of nitrogen functional groups attached to an aromatic ring is 1. The number of aliphatic hydroxyl groups excluding tert-OH is 3. The third-order valence-corrected chi connectivity index (χ3v) is 3.66. The van der Waals surface area contributed by atoms with Crippen LogP contribution >= 0.6 is 0 Å². The molecule has 126 valence electrons. The molecule has 0 spiro atoms. The molecule has 1 aliphatic heterocycles. The molecule has 3 rings (SSSR count). The fraction of sp³-hybridized carbons (Fsp3) is 0.615. The number of nitrogens with zero attached hydrogens (tertiary/aromatic N) is 4. The van der Waals surface area contributed by atoms with Gasteiger partial charge in [0.05, 0.1) is 12.9 Å². The quantitative estimate of drug-likeness (QED) is 0.469. The van der Waals surface area contributed by atoms with Crippen LogP contribution in [-0.4, -0.2) is 65.8 Å². The van der Waals surface area contributed by atoms with E-state index in [1.54, 1.807) is 0 Å². The van der Waals surface area contributed by atoms with Gasteiger partial charge in [0.2, 0.25) is 5.95 Å². The van der Waals surface area contributed by atoms with Gasteiger partial charge in [-0.3, -0.25) is 4.57 Å². The van der Waals surface area contributed by atoms with E-state index in [1.807, 2.05) is 13.8 Å². The Kier molecular flexibility index (Phi) is 4.06. The zero-order valence-electron chi connectivity index (χ0n) is 12.8. The molecule has 0 saturated carbocycles. The van der Waals surface area contributed by atoms with Crippen molar-refractivity contribution in [3.05, 3.63) is 6.33 Å². The smallest absolute Gasteiger partial charge is 0.224 e. The zero-order chi connectivity index (χ0) is 16.7. The Morgan fingerprint density at radius 1 is 1.35 bits per heavy atom. The molecular formula is C13H20N6O4. The average Bonchev–Trinajstić information content (AvgIpc) is 3.01. The number of aromatic nitrogens is 4. The summed E-state index contributed by atoms with van der Waals surface area (Å²) < 4.78 is 6.97. The van der Waals surface area contributed by atoms with E-state index in [0.717, 1.165) is 0 Å². The number of rotatable bonds is 4. The number of nitrogens with two attached hydrogens (primary N) is 1. The fourth-order valence-electron chi connectivity index (χ4n) is 2.60. The minimum absolute atomic E-state index is 0.0501. The number of hydrogen-bond acceptors (Lipinski definition) is 9. The third-order valence-electron chi connectivity index (χ3n) is 3.66. The zero-order valence-corrected chi connectivity index (χ0v) is 12.8. The molecule has 0 aromatic carbocycles. The van der Waals surface area contributed by atoms with Gasteiger partial charge in [0.1, 0.15) is 18.3 Å². The lowest BCUT2D eigenvalue weighted by Gasteiger charge is -2.17. The Morgan fingerprint density at radius 2 is 2.09 bits per heavy atom. The normalized spacial score (nSPS) is 27.9. The van der Waals surface area contributed by atoms with Crippen LogP contribution in [0.3, 0.4) is 0 Å². The first-order valence-corrected chi connectivity index (χ1v) is 7.31. The highest BCUT2D eigenvalue weighted by atomic mass is 16.6. The standard InChI is InChI=1S/C13H20N6O4/c1-5(2)16-10-7-11(18-13(14)17-10)19(4-15-7)12-9(22)8(21)6(3-20)23-12/h4-6,8-9,12,20-22H,3H2,1-2H3,(H3,14,16,17,18)/t6-,8-,9-,12?/m1/s1. The maximum atomic E-state index is 10.1. The summed E-state index contributed by atoms with van der Waals surface area (Å²) in [5.41, 5.74) is 6.59. The number of anilines is 2. The van der Waals surface area contributed by atoms with Gasteiger partial charge in [0.15, 0.2) is 23.2 Å². The van der Waals surface area contributed by atoms with Gasteiger partial charge in [0, 0.05) is 6.04 Å². The van der Waals surface area contributed by atoms with Crippen molar-refractivity contribution in [1.29, 1.82) is 0 Å². The molecule has 2 aromatic rings. The summed E-state index contributed by atoms with van der Waals surface area (Å²) in [6.45, 7) is 3.50. The lowest BCUT2D eigenvalue weighted by atomic mass is 10.1. The molecule has 10 heteroatoms. The summed E-state index contributed by atoms with van der Waals surface area (Å²) in [4.78, 5) is 12.5. The Labute approximate surface area is 131 Å². The summed E-state index contributed by atoms with van der Waals surface area (Å²) in [5.74, 6) is 0.530. The van der Waals surface area contributed by atoms with E-state index in [1.165, 1.54) is 10.9 Å². The van der Waals surface area contributed by atoms with Gasteiger partial charge in [-0.05, 0) is 13.8 Å². The van der Waals surface area contributed by atoms with Crippen LogP contribution in [-0.2, 0) is 4.74 Å². The fourth-order valence-corrected chi connectivity index (χ4v) is 2.60. The van der Waals surface area contributed by atoms with Crippen molar-refractivity contribution in [3.63, 3.8) is 0 Å². The highest BCUT2D eigenvalue weighted by Gasteiger charge is 2.44. The summed E-state index contributed by atoms with van der Waals surface area (Å²) in [7, 11) is 0. The van der Waals surface area contributed by atoms with Crippen LogP contribution in [0.2, 0.25) is 0 Å². The first-order valence-electron chi connectivity index (χ1n) is 7.31. The number of ether oxygens (including phenoxy) is 1. The second-order valence-electron chi connectivity index (χ2n) is 5.78. The molecule has 6 N–H and O–H groups in total. The van der Waals surface area contributed by atoms with Crippen molar-refractivity contribution in [1.82, 2.24) is 19.5 Å². The predicted molar refractivity (Wildman–Crippen MR) is 81.5 cm³/mol. The number of fused-ring (bicyclic) bond motifs is 1. The molecule has 0 aliphatic carbocycles. The second kappa shape index (κ2) is 5.89. The molecule has 2 aromatic heterocycles. The van der Waals surface area contributed by atoms with Crippen LogP contribution in [0.5, 0.6) is 0 Å². The van der Waals surface area contributed by atoms with E-state index in [0.29, 0.717) is 17.0 Å². The number of nitrogens with one attached hydrogen (secondary N) is 1. The van der Waals surface area contributed by atoms with E-state index >= 15 is 0 Å². The van der Waals surface area contributed by atoms with Crippen LogP contribution < -0.4 is 11.1 Å². The SMILES string of the molecule is CC(C)Nc1nc(N)nc2c1ncn2C1O[C@H](CO)[C@@H](O)[C@H]1O. The summed E-state index contributed by atoms with van der Waals surface area (Å²) in [5, 5.41) is 32.4. The van der Waals surface area contributed by atoms with Crippen molar-refractivity contribution < 1.29 is 20.1 Å². The Morgan fingerprint density at radius 3 is 2.70 bits per heavy atom. The van der Waals surface area contributed by atoms with Gasteiger partial charge < -0.3 is 31.1 Å². The molecule has 0 amide bonds. The third kappa shape index (κ3) is 2.70. The first-order chi connectivity index (χ1) is 10.9. The minimum Gasteiger partial charge on any atom is -0.394 e. The van der Waals surface area contributed by atoms with E-state index in [-0.39, 0.29) is 12.0 Å². The van der Waals surface area contributed by atoms with E-state index in [4.69, 9.17) is 10.5 Å². The van der Waals surface area contributed by atoms with Crippen molar-refractivity contribution in [2.75, 3.05) is 17.7 Å². The molecule has 10 nitrogen and oxygen atoms in total. The van der Waals surface area contributed by atoms with Crippen molar-refractivity contribution in [3.8, 4) is 0 Å². The lowest BCUT2D eigenvalue weighted by Crippen LogP contribution is -2.33. The Balaban J connectivity index is 2.04. The van der Waals surface area contributed by atoms with E-state index in [2.05, 4.69) is 20.3 Å². The molecule has 1 aliphatic rings. The highest BCUT2D eigenvalue weighted by Crippen LogP contribution is 2.32. The topological polar surface area (TPSA) is 152 Å². The molecule has 1 unspecified atom stereocenters. The Hall–Kier alpha value is -2.01. The molecule has 0 radical (unpaired) electrons. The van der Waals surface area contributed by atoms with Crippen molar-refractivity contribution in [2.45, 2.75) is 44.4 Å². The van der Waals surface area contributed by atoms with Crippen molar-refractivity contribution >= 4 is 22.9 Å². The Bertz CT molecular complexity index is 705. The molecule has 3 heterocycles. The van der Waals surface area contributed by atoms with Crippen LogP contribution in [0.25, 0.3) is 11.2 Å². The van der Waals surface area contributed by atoms with Crippen LogP contribution in [0, 0.1) is 0 Å². The van der Waals surface area contributed by atoms with Crippen LogP contribution in [0.15, 0.2) is 6.33 Å². The largest absolute Gasteiger partial charge is 0.394 e. The molecule has 0 bridgehead atoms. The summed E-state index contributed by atoms with van der Waals surface area (Å²) >= 11 is 0. The van der Waals surface area contributed by atoms with Gasteiger partial charge in [0.25, 0.3) is 0 Å². The molecule has 4 atom stereocenters. The van der Waals surface area contributed by atoms with Crippen LogP contribution in [0.4, 0.5) is 11.8 Å². The minimum atomic E-state index is -1.22. The number of imidazole rings is 1. The maximum absolute atomic E-state index is 10.1. The van der Waals surface area contributed by atoms with Gasteiger partial charge in [-0.15, -0.1) is 0 Å². The molecular weight excluding hydrogens is 304 g/mol. The lowest BCUT2D eigenvalue weighted by molar-refractivity contribution is -0.0511. The molecule has 1 fully saturated rings. The second-order valence-corrected chi connectivity index (χ2v) is 5.78. The number of hydrogen-bond donors (Lipinski definition) is 5. The molecule has 1 saturated heterocycles. The first kappa shape index (κ1) is 15.9. The van der Waals surface area contributed by atoms with Gasteiger partial charge in [-0.1, -0.05) is 0 Å². The molecule has 23 heavy (non-hydrogen) atoms. The van der Waals surface area contributed by atoms with Crippen molar-refractivity contribution in [2.24, 2.45) is 0 Å². The van der Waals surface area contributed by atoms with Gasteiger partial charge >= 0.3 is 0 Å². The highest BCUT2D eigenvalue weighted by molar-refractivity contribution is 5.84. The summed E-state index contributed by atoms with van der Waals surface area (Å²) in [6.07, 6.45) is -2.78. The number of aliphatic hydroxyl groups is 3. The van der Waals surface area contributed by atoms with E-state index in [9.17, 15) is 15.3 Å². The van der Waals surface area contributed by atoms with Gasteiger partial charge in [-0.25, -0.2) is 4.98 Å². The maximum Gasteiger partial charge on any atom is 0.224 e. The van der Waals surface area contributed by atoms with Gasteiger partial charge in [-0.2, -0.15) is 9.97 Å². The summed E-state index contributed by atoms with van der Waals surface area (Å²) in [6, 6.07) is 0.117. The van der Waals surface area contributed by atoms with Crippen LogP contribution in [0.1, 0.15) is 20.1 Å².